The van der Waals surface area contributed by atoms with E-state index in [4.69, 9.17) is 16.0 Å². The van der Waals surface area contributed by atoms with Gasteiger partial charge in [-0.3, -0.25) is 9.59 Å². The number of carbonyl (C=O) groups is 2. The summed E-state index contributed by atoms with van der Waals surface area (Å²) in [5.41, 5.74) is 2.40. The molecule has 1 aromatic carbocycles. The highest BCUT2D eigenvalue weighted by Crippen LogP contribution is 2.41. The average Bonchev–Trinajstić information content (AvgIpc) is 3.35. The lowest BCUT2D eigenvalue weighted by atomic mass is 9.71. The minimum atomic E-state index is -0.403. The van der Waals surface area contributed by atoms with Crippen molar-refractivity contribution in [2.45, 2.75) is 41.5 Å². The highest BCUT2D eigenvalue weighted by molar-refractivity contribution is 6.38. The molecule has 0 spiro atoms. The molecule has 0 fully saturated rings. The van der Waals surface area contributed by atoms with Crippen molar-refractivity contribution in [1.29, 1.82) is 0 Å². The van der Waals surface area contributed by atoms with Gasteiger partial charge in [0.2, 0.25) is 0 Å². The number of furan rings is 1. The van der Waals surface area contributed by atoms with E-state index in [1.54, 1.807) is 42.7 Å². The maximum absolute atomic E-state index is 13.8. The number of para-hydroxylation sites is 1. The molecule has 2 aromatic rings. The first kappa shape index (κ1) is 23.0. The van der Waals surface area contributed by atoms with Gasteiger partial charge in [-0.05, 0) is 52.8 Å². The summed E-state index contributed by atoms with van der Waals surface area (Å²) in [6.45, 7) is 12.0. The van der Waals surface area contributed by atoms with Crippen molar-refractivity contribution in [3.8, 4) is 0 Å². The topological polar surface area (TPSA) is 62.9 Å². The normalized spacial score (nSPS) is 17.4. The number of hydrogen-bond acceptors (Lipinski definition) is 4. The Labute approximate surface area is 199 Å². The van der Waals surface area contributed by atoms with Gasteiger partial charge in [-0.1, -0.05) is 65.3 Å². The van der Waals surface area contributed by atoms with E-state index in [-0.39, 0.29) is 11.7 Å². The van der Waals surface area contributed by atoms with Gasteiger partial charge < -0.3 is 4.42 Å². The van der Waals surface area contributed by atoms with Gasteiger partial charge in [0, 0.05) is 11.1 Å². The summed E-state index contributed by atoms with van der Waals surface area (Å²) in [6, 6.07) is 10.6. The fourth-order valence-corrected chi connectivity index (χ4v) is 4.14. The lowest BCUT2D eigenvalue weighted by Gasteiger charge is -2.31. The Morgan fingerprint density at radius 1 is 0.879 bits per heavy atom. The molecule has 0 radical (unpaired) electrons. The van der Waals surface area contributed by atoms with E-state index in [2.05, 4.69) is 5.10 Å². The first-order chi connectivity index (χ1) is 15.4. The third-order valence-corrected chi connectivity index (χ3v) is 5.99. The minimum Gasteiger partial charge on any atom is -0.463 e. The van der Waals surface area contributed by atoms with E-state index in [1.807, 2.05) is 53.7 Å². The molecule has 2 aliphatic rings. The molecule has 33 heavy (non-hydrogen) atoms. The van der Waals surface area contributed by atoms with Crippen LogP contribution in [0.2, 0.25) is 5.02 Å². The van der Waals surface area contributed by atoms with Gasteiger partial charge in [-0.15, -0.1) is 0 Å². The van der Waals surface area contributed by atoms with Gasteiger partial charge >= 0.3 is 0 Å². The van der Waals surface area contributed by atoms with Crippen LogP contribution in [0.5, 0.6) is 0 Å². The van der Waals surface area contributed by atoms with Crippen LogP contribution < -0.4 is 5.01 Å². The van der Waals surface area contributed by atoms with Gasteiger partial charge in [0.25, 0.3) is 5.91 Å². The highest BCUT2D eigenvalue weighted by Gasteiger charge is 2.40. The highest BCUT2D eigenvalue weighted by atomic mass is 35.5. The zero-order chi connectivity index (χ0) is 24.1. The third kappa shape index (κ3) is 4.13. The number of anilines is 1. The van der Waals surface area contributed by atoms with Crippen LogP contribution >= 0.6 is 11.6 Å². The van der Waals surface area contributed by atoms with Crippen molar-refractivity contribution in [3.05, 3.63) is 87.9 Å². The van der Waals surface area contributed by atoms with E-state index in [9.17, 15) is 9.59 Å². The van der Waals surface area contributed by atoms with Crippen LogP contribution in [0.1, 0.15) is 47.3 Å². The second-order valence-corrected chi connectivity index (χ2v) is 10.7. The average molecular weight is 463 g/mol. The van der Waals surface area contributed by atoms with E-state index < -0.39 is 10.8 Å². The summed E-state index contributed by atoms with van der Waals surface area (Å²) in [4.78, 5) is 27.1. The number of halogens is 1. The van der Waals surface area contributed by atoms with Crippen LogP contribution in [0.25, 0.3) is 0 Å². The standard InChI is InChI=1S/C27H27ClN2O3/c1-26(2,3)17-14-16(15-18(24(17)31)27(4,5)6)22-23(21-12-9-13-33-21)29-30(25(22)32)20-11-8-7-10-19(20)28/h7-15H,1-6H3. The van der Waals surface area contributed by atoms with Crippen LogP contribution in [-0.4, -0.2) is 17.4 Å². The predicted molar refractivity (Wildman–Crippen MR) is 131 cm³/mol. The van der Waals surface area contributed by atoms with E-state index in [0.29, 0.717) is 44.5 Å². The van der Waals surface area contributed by atoms with E-state index >= 15 is 0 Å². The maximum Gasteiger partial charge on any atom is 0.281 e. The molecule has 1 aliphatic heterocycles. The first-order valence-electron chi connectivity index (χ1n) is 10.8. The Morgan fingerprint density at radius 3 is 2.00 bits per heavy atom. The number of Topliss-reactive ketones (excluding diaryl/α,β-unsaturated/α-hetero) is 1. The Morgan fingerprint density at radius 2 is 1.48 bits per heavy atom. The molecule has 0 saturated heterocycles. The van der Waals surface area contributed by atoms with Crippen molar-refractivity contribution in [1.82, 2.24) is 0 Å². The van der Waals surface area contributed by atoms with Crippen LogP contribution in [0.3, 0.4) is 0 Å². The summed E-state index contributed by atoms with van der Waals surface area (Å²) in [5.74, 6) is 0.144. The summed E-state index contributed by atoms with van der Waals surface area (Å²) in [7, 11) is 0. The van der Waals surface area contributed by atoms with Gasteiger partial charge in [-0.25, -0.2) is 0 Å². The smallest absolute Gasteiger partial charge is 0.281 e. The monoisotopic (exact) mass is 462 g/mol. The predicted octanol–water partition coefficient (Wildman–Crippen LogP) is 6.51. The molecule has 4 rings (SSSR count). The van der Waals surface area contributed by atoms with E-state index in [0.717, 1.165) is 0 Å². The van der Waals surface area contributed by atoms with Crippen LogP contribution in [0.4, 0.5) is 5.69 Å². The van der Waals surface area contributed by atoms with Crippen LogP contribution in [-0.2, 0) is 9.59 Å². The van der Waals surface area contributed by atoms with Crippen molar-refractivity contribution >= 4 is 34.7 Å². The van der Waals surface area contributed by atoms with Crippen molar-refractivity contribution in [2.24, 2.45) is 15.9 Å². The lowest BCUT2D eigenvalue weighted by Crippen LogP contribution is -2.29. The number of amides is 1. The molecule has 1 aliphatic carbocycles. The molecule has 0 N–H and O–H groups in total. The molecule has 6 heteroatoms. The van der Waals surface area contributed by atoms with Gasteiger partial charge in [0.05, 0.1) is 22.5 Å². The lowest BCUT2D eigenvalue weighted by molar-refractivity contribution is -0.115. The maximum atomic E-state index is 13.8. The van der Waals surface area contributed by atoms with Gasteiger partial charge in [-0.2, -0.15) is 10.1 Å². The third-order valence-electron chi connectivity index (χ3n) is 5.67. The quantitative estimate of drug-likeness (QED) is 0.478. The number of hydrazone groups is 1. The summed E-state index contributed by atoms with van der Waals surface area (Å²) in [6.07, 6.45) is 5.18. The Bertz CT molecular complexity index is 1230. The van der Waals surface area contributed by atoms with Crippen molar-refractivity contribution in [3.63, 3.8) is 0 Å². The van der Waals surface area contributed by atoms with E-state index in [1.165, 1.54) is 5.01 Å². The fourth-order valence-electron chi connectivity index (χ4n) is 3.92. The Balaban J connectivity index is 2.00. The molecule has 0 unspecified atom stereocenters. The number of hydrogen-bond donors (Lipinski definition) is 0. The fraction of sp³-hybridized carbons (Fsp3) is 0.296. The number of nitrogens with zero attached hydrogens (tertiary/aromatic N) is 2. The molecular formula is C27H27ClN2O3. The molecular weight excluding hydrogens is 436 g/mol. The molecule has 2 heterocycles. The molecule has 0 atom stereocenters. The molecule has 0 bridgehead atoms. The van der Waals surface area contributed by atoms with Gasteiger partial charge in [0.15, 0.2) is 11.5 Å². The summed E-state index contributed by atoms with van der Waals surface area (Å²) < 4.78 is 5.63. The Kier molecular flexibility index (Phi) is 5.57. The molecule has 5 nitrogen and oxygen atoms in total. The second-order valence-electron chi connectivity index (χ2n) is 10.3. The molecule has 170 valence electrons. The molecule has 1 amide bonds. The van der Waals surface area contributed by atoms with Gasteiger partial charge in [0.1, 0.15) is 5.71 Å². The number of allylic oxidation sites excluding steroid dienone is 5. The number of carbonyl (C=O) groups excluding carboxylic acids is 2. The van der Waals surface area contributed by atoms with Crippen LogP contribution in [0.15, 0.2) is 86.6 Å². The molecule has 0 saturated carbocycles. The molecule has 1 aromatic heterocycles. The zero-order valence-electron chi connectivity index (χ0n) is 19.7. The largest absolute Gasteiger partial charge is 0.463 e. The van der Waals surface area contributed by atoms with Crippen molar-refractivity contribution < 1.29 is 14.0 Å². The zero-order valence-corrected chi connectivity index (χ0v) is 20.4. The SMILES string of the molecule is CC(C)(C)C1=CC(=C2C(=O)N(c3ccccc3Cl)N=C2c2ccco2)C=C(C(C)(C)C)C1=O. The number of rotatable bonds is 2. The second kappa shape index (κ2) is 7.99. The summed E-state index contributed by atoms with van der Waals surface area (Å²) in [5, 5.41) is 6.33. The minimum absolute atomic E-state index is 0.00393. The summed E-state index contributed by atoms with van der Waals surface area (Å²) >= 11 is 6.39. The Hall–Kier alpha value is -3.18. The number of ketones is 1. The number of benzene rings is 1. The van der Waals surface area contributed by atoms with Crippen molar-refractivity contribution in [2.75, 3.05) is 5.01 Å². The first-order valence-corrected chi connectivity index (χ1v) is 11.2. The van der Waals surface area contributed by atoms with Crippen LogP contribution in [0, 0.1) is 10.8 Å².